The first-order valence-corrected chi connectivity index (χ1v) is 12.5. The van der Waals surface area contributed by atoms with E-state index in [-0.39, 0.29) is 17.1 Å². The highest BCUT2D eigenvalue weighted by Gasteiger charge is 2.23. The van der Waals surface area contributed by atoms with E-state index in [2.05, 4.69) is 68.8 Å². The van der Waals surface area contributed by atoms with Crippen molar-refractivity contribution < 1.29 is 4.79 Å². The number of nitrogens with one attached hydrogen (secondary N) is 1. The second-order valence-electron chi connectivity index (χ2n) is 9.88. The van der Waals surface area contributed by atoms with E-state index in [0.29, 0.717) is 22.4 Å². The number of hydrazine groups is 1. The van der Waals surface area contributed by atoms with Crippen LogP contribution in [0.5, 0.6) is 0 Å². The molecule has 0 saturated carbocycles. The van der Waals surface area contributed by atoms with Crippen LogP contribution in [-0.4, -0.2) is 64.9 Å². The first-order valence-electron chi connectivity index (χ1n) is 11.7. The van der Waals surface area contributed by atoms with E-state index < -0.39 is 0 Å². The Bertz CT molecular complexity index is 1010. The molecule has 1 fully saturated rings. The SMILES string of the molecule is CCCN1CCN(Cc2ccc(C(=O)NN(CC(C)(C)C)c3nc(C#N)ncc3Br)cc2)CC1. The number of carbonyl (C=O) groups is 1. The molecule has 1 aromatic carbocycles. The monoisotopic (exact) mass is 527 g/mol. The first kappa shape index (κ1) is 26.1. The molecule has 0 radical (unpaired) electrons. The van der Waals surface area contributed by atoms with Crippen molar-refractivity contribution in [2.75, 3.05) is 44.3 Å². The van der Waals surface area contributed by atoms with Gasteiger partial charge in [-0.2, -0.15) is 10.2 Å². The van der Waals surface area contributed by atoms with Crippen molar-refractivity contribution in [3.63, 3.8) is 0 Å². The molecule has 182 valence electrons. The number of anilines is 1. The van der Waals surface area contributed by atoms with E-state index in [4.69, 9.17) is 0 Å². The number of aromatic nitrogens is 2. The Kier molecular flexibility index (Phi) is 9.00. The van der Waals surface area contributed by atoms with Gasteiger partial charge in [-0.15, -0.1) is 0 Å². The molecule has 34 heavy (non-hydrogen) atoms. The highest BCUT2D eigenvalue weighted by Crippen LogP contribution is 2.25. The Hall–Kier alpha value is -2.54. The molecule has 2 aromatic rings. The Labute approximate surface area is 211 Å². The van der Waals surface area contributed by atoms with Crippen LogP contribution in [0.15, 0.2) is 34.9 Å². The van der Waals surface area contributed by atoms with E-state index >= 15 is 0 Å². The Balaban J connectivity index is 1.67. The van der Waals surface area contributed by atoms with Crippen LogP contribution >= 0.6 is 15.9 Å². The quantitative estimate of drug-likeness (QED) is 0.521. The Morgan fingerprint density at radius 3 is 2.41 bits per heavy atom. The minimum absolute atomic E-state index is 0.0474. The highest BCUT2D eigenvalue weighted by molar-refractivity contribution is 9.10. The molecular weight excluding hydrogens is 494 g/mol. The smallest absolute Gasteiger partial charge is 0.269 e. The lowest BCUT2D eigenvalue weighted by atomic mass is 9.97. The fraction of sp³-hybridized carbons (Fsp3) is 0.520. The van der Waals surface area contributed by atoms with Gasteiger partial charge in [0.25, 0.3) is 5.91 Å². The van der Waals surface area contributed by atoms with Crippen LogP contribution in [0.1, 0.15) is 55.9 Å². The predicted octanol–water partition coefficient (Wildman–Crippen LogP) is 3.84. The molecule has 0 aliphatic carbocycles. The molecule has 1 amide bonds. The van der Waals surface area contributed by atoms with Crippen LogP contribution in [0, 0.1) is 16.7 Å². The van der Waals surface area contributed by atoms with Crippen molar-refractivity contribution in [3.8, 4) is 6.07 Å². The fourth-order valence-corrected chi connectivity index (χ4v) is 4.34. The van der Waals surface area contributed by atoms with Gasteiger partial charge in [-0.3, -0.25) is 20.1 Å². The van der Waals surface area contributed by atoms with Gasteiger partial charge in [0.05, 0.1) is 4.47 Å². The maximum Gasteiger partial charge on any atom is 0.269 e. The molecule has 9 heteroatoms. The van der Waals surface area contributed by atoms with E-state index in [9.17, 15) is 10.1 Å². The van der Waals surface area contributed by atoms with E-state index in [1.807, 2.05) is 30.3 Å². The maximum atomic E-state index is 13.1. The van der Waals surface area contributed by atoms with E-state index in [1.54, 1.807) is 5.01 Å². The van der Waals surface area contributed by atoms with Gasteiger partial charge < -0.3 is 4.90 Å². The van der Waals surface area contributed by atoms with Crippen molar-refractivity contribution in [2.24, 2.45) is 5.41 Å². The second kappa shape index (κ2) is 11.7. The van der Waals surface area contributed by atoms with Crippen molar-refractivity contribution in [1.29, 1.82) is 5.26 Å². The molecular formula is C25H34BrN7O. The number of benzene rings is 1. The Morgan fingerprint density at radius 1 is 1.18 bits per heavy atom. The number of amides is 1. The van der Waals surface area contributed by atoms with Crippen LogP contribution in [0.4, 0.5) is 5.82 Å². The summed E-state index contributed by atoms with van der Waals surface area (Å²) in [6.07, 6.45) is 2.73. The lowest BCUT2D eigenvalue weighted by Gasteiger charge is -2.34. The van der Waals surface area contributed by atoms with Gasteiger partial charge in [0.2, 0.25) is 5.82 Å². The molecule has 8 nitrogen and oxygen atoms in total. The average molecular weight is 528 g/mol. The van der Waals surface area contributed by atoms with Crippen LogP contribution < -0.4 is 10.4 Å². The van der Waals surface area contributed by atoms with Crippen molar-refractivity contribution >= 4 is 27.7 Å². The first-order chi connectivity index (χ1) is 16.2. The summed E-state index contributed by atoms with van der Waals surface area (Å²) in [5.41, 5.74) is 4.60. The summed E-state index contributed by atoms with van der Waals surface area (Å²) in [5, 5.41) is 10.9. The van der Waals surface area contributed by atoms with Gasteiger partial charge in [0.15, 0.2) is 5.82 Å². The molecule has 1 N–H and O–H groups in total. The molecule has 0 atom stereocenters. The summed E-state index contributed by atoms with van der Waals surface area (Å²) in [6, 6.07) is 9.73. The third-order valence-electron chi connectivity index (χ3n) is 5.58. The minimum atomic E-state index is -0.229. The Morgan fingerprint density at radius 2 is 1.82 bits per heavy atom. The lowest BCUT2D eigenvalue weighted by molar-refractivity contribution is 0.0945. The highest BCUT2D eigenvalue weighted by atomic mass is 79.9. The van der Waals surface area contributed by atoms with Crippen molar-refractivity contribution in [3.05, 3.63) is 51.9 Å². The summed E-state index contributed by atoms with van der Waals surface area (Å²) in [6.45, 7) is 15.4. The predicted molar refractivity (Wildman–Crippen MR) is 137 cm³/mol. The van der Waals surface area contributed by atoms with Crippen LogP contribution in [0.2, 0.25) is 0 Å². The number of nitriles is 1. The van der Waals surface area contributed by atoms with Crippen LogP contribution in [-0.2, 0) is 6.54 Å². The number of nitrogens with zero attached hydrogens (tertiary/aromatic N) is 6. The van der Waals surface area contributed by atoms with Gasteiger partial charge in [0.1, 0.15) is 6.07 Å². The number of hydrogen-bond donors (Lipinski definition) is 1. The topological polar surface area (TPSA) is 88.4 Å². The third kappa shape index (κ3) is 7.49. The largest absolute Gasteiger partial charge is 0.301 e. The van der Waals surface area contributed by atoms with Gasteiger partial charge >= 0.3 is 0 Å². The molecule has 0 unspecified atom stereocenters. The molecule has 0 spiro atoms. The number of carbonyl (C=O) groups excluding carboxylic acids is 1. The van der Waals surface area contributed by atoms with Crippen molar-refractivity contribution in [1.82, 2.24) is 25.2 Å². The average Bonchev–Trinajstić information content (AvgIpc) is 2.80. The summed E-state index contributed by atoms with van der Waals surface area (Å²) in [5.74, 6) is 0.271. The zero-order valence-electron chi connectivity index (χ0n) is 20.5. The maximum absolute atomic E-state index is 13.1. The lowest BCUT2D eigenvalue weighted by Crippen LogP contribution is -2.47. The van der Waals surface area contributed by atoms with Crippen molar-refractivity contribution in [2.45, 2.75) is 40.7 Å². The number of piperazine rings is 1. The van der Waals surface area contributed by atoms with Crippen LogP contribution in [0.3, 0.4) is 0 Å². The molecule has 0 bridgehead atoms. The summed E-state index contributed by atoms with van der Waals surface area (Å²) < 4.78 is 0.602. The summed E-state index contributed by atoms with van der Waals surface area (Å²) >= 11 is 3.45. The molecule has 1 aliphatic rings. The standard InChI is InChI=1S/C25H34BrN7O/c1-5-10-31-11-13-32(14-12-31)17-19-6-8-20(9-7-19)24(34)30-33(18-25(2,3)4)23-21(26)16-28-22(15-27)29-23/h6-9,16H,5,10-14,17-18H2,1-4H3,(H,30,34). The molecule has 1 aliphatic heterocycles. The van der Waals surface area contributed by atoms with Gasteiger partial charge in [-0.1, -0.05) is 39.8 Å². The molecule has 2 heterocycles. The van der Waals surface area contributed by atoms with Crippen LogP contribution in [0.25, 0.3) is 0 Å². The number of hydrogen-bond acceptors (Lipinski definition) is 7. The van der Waals surface area contributed by atoms with Gasteiger partial charge in [-0.05, 0) is 52.0 Å². The van der Waals surface area contributed by atoms with Gasteiger partial charge in [-0.25, -0.2) is 4.98 Å². The zero-order chi connectivity index (χ0) is 24.7. The zero-order valence-corrected chi connectivity index (χ0v) is 22.1. The fourth-order valence-electron chi connectivity index (χ4n) is 3.94. The van der Waals surface area contributed by atoms with E-state index in [0.717, 1.165) is 32.7 Å². The second-order valence-corrected chi connectivity index (χ2v) is 10.7. The number of rotatable bonds is 8. The van der Waals surface area contributed by atoms with E-state index in [1.165, 1.54) is 24.7 Å². The summed E-state index contributed by atoms with van der Waals surface area (Å²) in [7, 11) is 0. The molecule has 1 saturated heterocycles. The summed E-state index contributed by atoms with van der Waals surface area (Å²) in [4.78, 5) is 26.3. The molecule has 1 aromatic heterocycles. The minimum Gasteiger partial charge on any atom is -0.301 e. The molecule has 3 rings (SSSR count). The number of halogens is 1. The third-order valence-corrected chi connectivity index (χ3v) is 6.14. The van der Waals surface area contributed by atoms with Gasteiger partial charge in [0, 0.05) is 51.0 Å². The normalized spacial score (nSPS) is 15.1.